The molecule has 0 aliphatic heterocycles. The summed E-state index contributed by atoms with van der Waals surface area (Å²) in [5.74, 6) is 0.738. The van der Waals surface area contributed by atoms with Crippen molar-refractivity contribution in [3.63, 3.8) is 0 Å². The van der Waals surface area contributed by atoms with Gasteiger partial charge in [-0.2, -0.15) is 5.26 Å². The molecule has 0 heterocycles. The van der Waals surface area contributed by atoms with Crippen LogP contribution >= 0.6 is 0 Å². The highest BCUT2D eigenvalue weighted by Crippen LogP contribution is 2.15. The van der Waals surface area contributed by atoms with Gasteiger partial charge in [-0.05, 0) is 30.7 Å². The van der Waals surface area contributed by atoms with Crippen LogP contribution in [0, 0.1) is 18.3 Å². The molecule has 0 aromatic heterocycles. The first-order valence-corrected chi connectivity index (χ1v) is 4.32. The van der Waals surface area contributed by atoms with E-state index in [1.165, 1.54) is 0 Å². The number of nitriles is 1. The van der Waals surface area contributed by atoms with Gasteiger partial charge in [0.15, 0.2) is 0 Å². The van der Waals surface area contributed by atoms with Crippen LogP contribution in [-0.2, 0) is 0 Å². The van der Waals surface area contributed by atoms with Gasteiger partial charge in [0, 0.05) is 0 Å². The van der Waals surface area contributed by atoms with Gasteiger partial charge in [0.2, 0.25) is 0 Å². The summed E-state index contributed by atoms with van der Waals surface area (Å²) in [7, 11) is 1.59. The molecule has 70 valence electrons. The van der Waals surface area contributed by atoms with Crippen LogP contribution in [0.5, 0.6) is 5.75 Å². The first-order valence-electron chi connectivity index (χ1n) is 4.32. The molecule has 13 heavy (non-hydrogen) atoms. The molecule has 0 aliphatic carbocycles. The number of benzene rings is 1. The zero-order valence-corrected chi connectivity index (χ0v) is 8.59. The Hall–Kier alpha value is -1.49. The van der Waals surface area contributed by atoms with Crippen LogP contribution in [0.3, 0.4) is 0 Å². The van der Waals surface area contributed by atoms with Crippen LogP contribution in [-0.4, -0.2) is 7.11 Å². The third kappa shape index (κ3) is 3.62. The van der Waals surface area contributed by atoms with E-state index < -0.39 is 0 Å². The monoisotopic (exact) mass is 177 g/mol. The number of hydrogen-bond donors (Lipinski definition) is 0. The Morgan fingerprint density at radius 2 is 1.85 bits per heavy atom. The van der Waals surface area contributed by atoms with Crippen molar-refractivity contribution >= 4 is 0 Å². The van der Waals surface area contributed by atoms with E-state index in [1.807, 2.05) is 32.9 Å². The van der Waals surface area contributed by atoms with Gasteiger partial charge in [0.1, 0.15) is 5.75 Å². The van der Waals surface area contributed by atoms with E-state index in [1.54, 1.807) is 13.2 Å². The van der Waals surface area contributed by atoms with Gasteiger partial charge in [-0.25, -0.2) is 0 Å². The normalized spacial score (nSPS) is 7.92. The summed E-state index contributed by atoms with van der Waals surface area (Å²) < 4.78 is 4.99. The lowest BCUT2D eigenvalue weighted by molar-refractivity contribution is 0.414. The summed E-state index contributed by atoms with van der Waals surface area (Å²) in [4.78, 5) is 0. The first kappa shape index (κ1) is 11.5. The smallest absolute Gasteiger partial charge is 0.120 e. The van der Waals surface area contributed by atoms with Gasteiger partial charge in [-0.1, -0.05) is 13.8 Å². The fourth-order valence-electron chi connectivity index (χ4n) is 0.930. The van der Waals surface area contributed by atoms with Crippen LogP contribution in [0.15, 0.2) is 18.2 Å². The number of methoxy groups -OCH3 is 1. The van der Waals surface area contributed by atoms with Gasteiger partial charge in [-0.3, -0.25) is 0 Å². The van der Waals surface area contributed by atoms with E-state index in [0.717, 1.165) is 11.3 Å². The minimum Gasteiger partial charge on any atom is -0.497 e. The van der Waals surface area contributed by atoms with Crippen molar-refractivity contribution in [3.8, 4) is 11.8 Å². The lowest BCUT2D eigenvalue weighted by atomic mass is 10.1. The van der Waals surface area contributed by atoms with Crippen LogP contribution in [0.25, 0.3) is 0 Å². The van der Waals surface area contributed by atoms with Crippen molar-refractivity contribution in [2.75, 3.05) is 7.11 Å². The van der Waals surface area contributed by atoms with Crippen molar-refractivity contribution in [2.45, 2.75) is 20.8 Å². The minimum absolute atomic E-state index is 0.641. The summed E-state index contributed by atoms with van der Waals surface area (Å²) in [5.41, 5.74) is 1.68. The van der Waals surface area contributed by atoms with Gasteiger partial charge in [0.05, 0.1) is 18.7 Å². The third-order valence-electron chi connectivity index (χ3n) is 1.42. The minimum atomic E-state index is 0.641. The van der Waals surface area contributed by atoms with Crippen molar-refractivity contribution in [1.29, 1.82) is 5.26 Å². The second-order valence-electron chi connectivity index (χ2n) is 2.35. The first-order chi connectivity index (χ1) is 6.26. The summed E-state index contributed by atoms with van der Waals surface area (Å²) in [6.07, 6.45) is 0. The molecule has 0 spiro atoms. The standard InChI is InChI=1S/C9H9NO.C2H6/c1-7-3-8(6-10)5-9(4-7)11-2;1-2/h3-5H,1-2H3;1-2H3. The Balaban J connectivity index is 0.000000671. The maximum atomic E-state index is 8.58. The zero-order valence-electron chi connectivity index (χ0n) is 8.59. The van der Waals surface area contributed by atoms with Gasteiger partial charge in [-0.15, -0.1) is 0 Å². The van der Waals surface area contributed by atoms with Crippen LogP contribution in [0.2, 0.25) is 0 Å². The molecule has 0 N–H and O–H groups in total. The predicted molar refractivity (Wildman–Crippen MR) is 53.8 cm³/mol. The lowest BCUT2D eigenvalue weighted by Gasteiger charge is -2.00. The summed E-state index contributed by atoms with van der Waals surface area (Å²) in [5, 5.41) is 8.58. The second kappa shape index (κ2) is 6.07. The van der Waals surface area contributed by atoms with E-state index in [2.05, 4.69) is 6.07 Å². The molecular weight excluding hydrogens is 162 g/mol. The Labute approximate surface area is 79.8 Å². The van der Waals surface area contributed by atoms with E-state index in [9.17, 15) is 0 Å². The fraction of sp³-hybridized carbons (Fsp3) is 0.364. The maximum absolute atomic E-state index is 8.58. The topological polar surface area (TPSA) is 33.0 Å². The Bertz CT molecular complexity index is 299. The number of hydrogen-bond acceptors (Lipinski definition) is 2. The molecule has 1 aromatic carbocycles. The molecule has 0 saturated heterocycles. The van der Waals surface area contributed by atoms with E-state index in [0.29, 0.717) is 5.56 Å². The second-order valence-corrected chi connectivity index (χ2v) is 2.35. The molecular formula is C11H15NO. The lowest BCUT2D eigenvalue weighted by Crippen LogP contribution is -1.85. The highest BCUT2D eigenvalue weighted by molar-refractivity contribution is 5.40. The average Bonchev–Trinajstić information content (AvgIpc) is 2.20. The Kier molecular flexibility index (Phi) is 5.38. The SMILES string of the molecule is CC.COc1cc(C)cc(C#N)c1. The molecule has 0 unspecified atom stereocenters. The molecule has 0 atom stereocenters. The van der Waals surface area contributed by atoms with E-state index in [4.69, 9.17) is 10.00 Å². The molecule has 2 nitrogen and oxygen atoms in total. The molecule has 1 rings (SSSR count). The summed E-state index contributed by atoms with van der Waals surface area (Å²) >= 11 is 0. The third-order valence-corrected chi connectivity index (χ3v) is 1.42. The molecule has 2 heteroatoms. The van der Waals surface area contributed by atoms with Crippen molar-refractivity contribution in [2.24, 2.45) is 0 Å². The van der Waals surface area contributed by atoms with Crippen molar-refractivity contribution in [3.05, 3.63) is 29.3 Å². The molecule has 0 amide bonds. The van der Waals surface area contributed by atoms with Gasteiger partial charge >= 0.3 is 0 Å². The zero-order chi connectivity index (χ0) is 10.3. The summed E-state index contributed by atoms with van der Waals surface area (Å²) in [6.45, 7) is 5.93. The summed E-state index contributed by atoms with van der Waals surface area (Å²) in [6, 6.07) is 7.49. The highest BCUT2D eigenvalue weighted by atomic mass is 16.5. The number of nitrogens with zero attached hydrogens (tertiary/aromatic N) is 1. The number of rotatable bonds is 1. The quantitative estimate of drug-likeness (QED) is 0.660. The molecule has 0 saturated carbocycles. The molecule has 0 radical (unpaired) electrons. The van der Waals surface area contributed by atoms with E-state index >= 15 is 0 Å². The maximum Gasteiger partial charge on any atom is 0.120 e. The van der Waals surface area contributed by atoms with Crippen LogP contribution in [0.4, 0.5) is 0 Å². The van der Waals surface area contributed by atoms with Crippen molar-refractivity contribution < 1.29 is 4.74 Å². The molecule has 0 fully saturated rings. The Morgan fingerprint density at radius 1 is 1.23 bits per heavy atom. The highest BCUT2D eigenvalue weighted by Gasteiger charge is 1.95. The predicted octanol–water partition coefficient (Wildman–Crippen LogP) is 2.90. The fourth-order valence-corrected chi connectivity index (χ4v) is 0.930. The Morgan fingerprint density at radius 3 is 2.31 bits per heavy atom. The van der Waals surface area contributed by atoms with Crippen molar-refractivity contribution in [1.82, 2.24) is 0 Å². The van der Waals surface area contributed by atoms with Crippen LogP contribution < -0.4 is 4.74 Å². The van der Waals surface area contributed by atoms with Crippen LogP contribution in [0.1, 0.15) is 25.0 Å². The largest absolute Gasteiger partial charge is 0.497 e. The molecule has 1 aromatic rings. The van der Waals surface area contributed by atoms with Gasteiger partial charge < -0.3 is 4.74 Å². The molecule has 0 aliphatic rings. The number of aryl methyl sites for hydroxylation is 1. The van der Waals surface area contributed by atoms with E-state index in [-0.39, 0.29) is 0 Å². The van der Waals surface area contributed by atoms with Gasteiger partial charge in [0.25, 0.3) is 0 Å². The molecule has 0 bridgehead atoms. The average molecular weight is 177 g/mol. The number of ether oxygens (including phenoxy) is 1.